The molecule has 0 radical (unpaired) electrons. The molecule has 8 aromatic carbocycles. The fourth-order valence-electron chi connectivity index (χ4n) is 13.6. The highest BCUT2D eigenvalue weighted by molar-refractivity contribution is 6.09. The molecule has 0 amide bonds. The number of anilines is 3. The van der Waals surface area contributed by atoms with Crippen molar-refractivity contribution in [2.75, 3.05) is 4.90 Å². The van der Waals surface area contributed by atoms with Crippen molar-refractivity contribution in [2.24, 2.45) is 5.92 Å². The molecule has 4 bridgehead atoms. The minimum atomic E-state index is -0.271. The molecule has 3 unspecified atom stereocenters. The standard InChI is InChI=1S/C60H49NO/c1-6-59(7-2)50-24-16-25-54-56(50)47-35-53-46(34-52(47)59)42-18-10-13-23-49(42)60(53,8-3)36(4)58(5)48-22-12-9-17-41(48)43-32-31-39(33-51(43)58)61(54)38-29-27-37(28-30-38)40-20-15-21-45-44-19-11-14-26-55(44)62-57(40)45/h9-36H,6-8H2,1-5H3. The maximum atomic E-state index is 6.54. The first kappa shape index (κ1) is 36.1. The molecule has 3 atom stereocenters. The van der Waals surface area contributed by atoms with Gasteiger partial charge in [-0.05, 0) is 140 Å². The number of fused-ring (bicyclic) bond motifs is 10. The summed E-state index contributed by atoms with van der Waals surface area (Å²) in [4.78, 5) is 2.57. The van der Waals surface area contributed by atoms with Gasteiger partial charge in [0.2, 0.25) is 0 Å². The monoisotopic (exact) mass is 799 g/mol. The number of hydrogen-bond acceptors (Lipinski definition) is 2. The molecular formula is C60H49NO. The largest absolute Gasteiger partial charge is 0.455 e. The maximum absolute atomic E-state index is 6.54. The highest BCUT2D eigenvalue weighted by Gasteiger charge is 2.57. The van der Waals surface area contributed by atoms with Crippen molar-refractivity contribution >= 4 is 39.0 Å². The highest BCUT2D eigenvalue weighted by Crippen LogP contribution is 2.67. The van der Waals surface area contributed by atoms with Gasteiger partial charge in [0, 0.05) is 49.5 Å². The summed E-state index contributed by atoms with van der Waals surface area (Å²) in [5.41, 5.74) is 24.2. The minimum Gasteiger partial charge on any atom is -0.455 e. The number of nitrogens with zero attached hydrogens (tertiary/aromatic N) is 1. The molecule has 1 aromatic heterocycles. The van der Waals surface area contributed by atoms with Crippen LogP contribution in [-0.4, -0.2) is 0 Å². The lowest BCUT2D eigenvalue weighted by Crippen LogP contribution is -2.45. The van der Waals surface area contributed by atoms with Crippen LogP contribution in [0.2, 0.25) is 0 Å². The third-order valence-corrected chi connectivity index (χ3v) is 16.7. The Kier molecular flexibility index (Phi) is 7.26. The first-order valence-corrected chi connectivity index (χ1v) is 22.8. The average molecular weight is 800 g/mol. The number of para-hydroxylation sites is 2. The van der Waals surface area contributed by atoms with Gasteiger partial charge >= 0.3 is 0 Å². The second-order valence-electron chi connectivity index (χ2n) is 18.7. The second kappa shape index (κ2) is 12.5. The Morgan fingerprint density at radius 2 is 1.11 bits per heavy atom. The van der Waals surface area contributed by atoms with E-state index in [4.69, 9.17) is 4.42 Å². The molecule has 62 heavy (non-hydrogen) atoms. The van der Waals surface area contributed by atoms with Gasteiger partial charge < -0.3 is 9.32 Å². The van der Waals surface area contributed by atoms with E-state index < -0.39 is 0 Å². The van der Waals surface area contributed by atoms with E-state index in [0.29, 0.717) is 0 Å². The Balaban J connectivity index is 1.12. The van der Waals surface area contributed by atoms with Gasteiger partial charge in [0.15, 0.2) is 0 Å². The number of rotatable bonds is 5. The molecule has 9 aromatic rings. The van der Waals surface area contributed by atoms with E-state index in [1.165, 1.54) is 78.1 Å². The highest BCUT2D eigenvalue weighted by atomic mass is 16.3. The van der Waals surface area contributed by atoms with Gasteiger partial charge in [0.25, 0.3) is 0 Å². The van der Waals surface area contributed by atoms with Crippen LogP contribution in [0.15, 0.2) is 168 Å². The molecule has 1 aliphatic heterocycles. The zero-order valence-electron chi connectivity index (χ0n) is 36.1. The van der Waals surface area contributed by atoms with Crippen molar-refractivity contribution in [3.05, 3.63) is 197 Å². The van der Waals surface area contributed by atoms with Crippen molar-refractivity contribution in [2.45, 2.75) is 70.1 Å². The van der Waals surface area contributed by atoms with Crippen LogP contribution in [0.5, 0.6) is 0 Å². The van der Waals surface area contributed by atoms with Gasteiger partial charge in [-0.15, -0.1) is 0 Å². The summed E-state index contributed by atoms with van der Waals surface area (Å²) in [6, 6.07) is 62.7. The van der Waals surface area contributed by atoms with Crippen LogP contribution in [0.3, 0.4) is 0 Å². The van der Waals surface area contributed by atoms with Crippen molar-refractivity contribution < 1.29 is 4.42 Å². The van der Waals surface area contributed by atoms with E-state index in [1.807, 2.05) is 6.07 Å². The summed E-state index contributed by atoms with van der Waals surface area (Å²) in [7, 11) is 0. The van der Waals surface area contributed by atoms with Crippen molar-refractivity contribution in [3.63, 3.8) is 0 Å². The zero-order valence-corrected chi connectivity index (χ0v) is 36.1. The Morgan fingerprint density at radius 1 is 0.484 bits per heavy atom. The Hall–Kier alpha value is -6.64. The number of benzene rings is 8. The summed E-state index contributed by atoms with van der Waals surface area (Å²) in [6.45, 7) is 12.4. The van der Waals surface area contributed by atoms with Crippen LogP contribution in [0.1, 0.15) is 87.3 Å². The topological polar surface area (TPSA) is 16.4 Å². The lowest BCUT2D eigenvalue weighted by atomic mass is 9.55. The lowest BCUT2D eigenvalue weighted by molar-refractivity contribution is 0.243. The predicted molar refractivity (Wildman–Crippen MR) is 258 cm³/mol. The van der Waals surface area contributed by atoms with Gasteiger partial charge in [0.05, 0.1) is 5.69 Å². The fourth-order valence-corrected chi connectivity index (χ4v) is 13.6. The van der Waals surface area contributed by atoms with Crippen LogP contribution in [0.25, 0.3) is 66.4 Å². The average Bonchev–Trinajstić information content (AvgIpc) is 4.01. The molecule has 0 saturated carbocycles. The van der Waals surface area contributed by atoms with Crippen LogP contribution in [-0.2, 0) is 16.2 Å². The zero-order chi connectivity index (χ0) is 41.7. The van der Waals surface area contributed by atoms with Crippen molar-refractivity contribution in [3.8, 4) is 44.5 Å². The van der Waals surface area contributed by atoms with Crippen LogP contribution in [0, 0.1) is 5.92 Å². The van der Waals surface area contributed by atoms with Gasteiger partial charge in [-0.25, -0.2) is 0 Å². The van der Waals surface area contributed by atoms with E-state index in [-0.39, 0.29) is 22.2 Å². The molecule has 2 heteroatoms. The molecule has 0 fully saturated rings. The van der Waals surface area contributed by atoms with Gasteiger partial charge in [-0.3, -0.25) is 0 Å². The molecule has 0 N–H and O–H groups in total. The quantitative estimate of drug-likeness (QED) is 0.172. The molecular weight excluding hydrogens is 751 g/mol. The summed E-state index contributed by atoms with van der Waals surface area (Å²) in [5, 5.41) is 2.30. The molecule has 0 spiro atoms. The molecule has 4 aliphatic rings. The summed E-state index contributed by atoms with van der Waals surface area (Å²) < 4.78 is 6.54. The van der Waals surface area contributed by atoms with Gasteiger partial charge in [-0.1, -0.05) is 150 Å². The van der Waals surface area contributed by atoms with Gasteiger partial charge in [-0.2, -0.15) is 0 Å². The SMILES string of the molecule is CCC1(CC)c2cc3c4cc2-c2c(cccc21)N(c1ccc(-c2cccc5c2oc2ccccc25)cc1)c1ccc2c(c1)C(C)(c1ccccc1-2)C(C)C4(CC)c1ccccc1-3. The van der Waals surface area contributed by atoms with Gasteiger partial charge in [0.1, 0.15) is 11.2 Å². The number of hydrogen-bond donors (Lipinski definition) is 0. The molecule has 2 heterocycles. The van der Waals surface area contributed by atoms with E-state index >= 15 is 0 Å². The van der Waals surface area contributed by atoms with Crippen molar-refractivity contribution in [1.29, 1.82) is 0 Å². The molecule has 3 aliphatic carbocycles. The molecule has 2 nitrogen and oxygen atoms in total. The Bertz CT molecular complexity index is 3360. The van der Waals surface area contributed by atoms with E-state index in [0.717, 1.165) is 58.0 Å². The summed E-state index contributed by atoms with van der Waals surface area (Å²) in [5.74, 6) is 0.240. The van der Waals surface area contributed by atoms with E-state index in [2.05, 4.69) is 197 Å². The minimum absolute atomic E-state index is 0.0946. The second-order valence-corrected chi connectivity index (χ2v) is 18.7. The first-order chi connectivity index (χ1) is 30.4. The Morgan fingerprint density at radius 3 is 1.90 bits per heavy atom. The normalized spacial score (nSPS) is 20.6. The van der Waals surface area contributed by atoms with Crippen LogP contribution in [0.4, 0.5) is 17.1 Å². The summed E-state index contributed by atoms with van der Waals surface area (Å²) in [6.07, 6.45) is 3.10. The third-order valence-electron chi connectivity index (χ3n) is 16.7. The molecule has 300 valence electrons. The first-order valence-electron chi connectivity index (χ1n) is 22.8. The third kappa shape index (κ3) is 4.21. The smallest absolute Gasteiger partial charge is 0.143 e. The van der Waals surface area contributed by atoms with Crippen molar-refractivity contribution in [1.82, 2.24) is 0 Å². The predicted octanol–water partition coefficient (Wildman–Crippen LogP) is 16.4. The number of furan rings is 1. The Labute approximate surface area is 364 Å². The summed E-state index contributed by atoms with van der Waals surface area (Å²) >= 11 is 0. The van der Waals surface area contributed by atoms with Crippen LogP contribution < -0.4 is 4.90 Å². The lowest BCUT2D eigenvalue weighted by Gasteiger charge is -2.47. The molecule has 13 rings (SSSR count). The fraction of sp³-hybridized carbons (Fsp3) is 0.200. The van der Waals surface area contributed by atoms with E-state index in [1.54, 1.807) is 0 Å². The maximum Gasteiger partial charge on any atom is 0.143 e. The molecule has 0 saturated heterocycles. The van der Waals surface area contributed by atoms with Crippen LogP contribution >= 0.6 is 0 Å². The van der Waals surface area contributed by atoms with E-state index in [9.17, 15) is 0 Å².